The minimum Gasteiger partial charge on any atom is -0.207 e. The summed E-state index contributed by atoms with van der Waals surface area (Å²) < 4.78 is 26.4. The van der Waals surface area contributed by atoms with E-state index in [1.165, 1.54) is 31.7 Å². The first kappa shape index (κ1) is 13.0. The van der Waals surface area contributed by atoms with Gasteiger partial charge in [-0.2, -0.15) is 0 Å². The van der Waals surface area contributed by atoms with Crippen molar-refractivity contribution >= 4 is 15.9 Å². The highest BCUT2D eigenvalue weighted by Gasteiger charge is 2.25. The van der Waals surface area contributed by atoms with Crippen molar-refractivity contribution in [1.82, 2.24) is 0 Å². The Hall–Kier alpha value is -0.440. The van der Waals surface area contributed by atoms with E-state index in [4.69, 9.17) is 0 Å². The Kier molecular flexibility index (Phi) is 4.55. The van der Waals surface area contributed by atoms with Gasteiger partial charge in [0.2, 0.25) is 0 Å². The zero-order chi connectivity index (χ0) is 12.3. The molecule has 2 rings (SSSR count). The molecule has 0 spiro atoms. The molecule has 1 aliphatic carbocycles. The van der Waals surface area contributed by atoms with E-state index in [1.54, 1.807) is 6.07 Å². The lowest BCUT2D eigenvalue weighted by atomic mass is 9.87. The van der Waals surface area contributed by atoms with Crippen molar-refractivity contribution in [2.45, 2.75) is 32.1 Å². The zero-order valence-electron chi connectivity index (χ0n) is 9.76. The standard InChI is InChI=1S/C14H17BrF2/c15-9-12(10-3-1-2-4-10)7-11-5-6-13(16)8-14(11)17/h5-6,8,10,12H,1-4,7,9H2. The molecular formula is C14H17BrF2. The fraction of sp³-hybridized carbons (Fsp3) is 0.571. The molecule has 0 nitrogen and oxygen atoms in total. The number of hydrogen-bond acceptors (Lipinski definition) is 0. The summed E-state index contributed by atoms with van der Waals surface area (Å²) in [7, 11) is 0. The van der Waals surface area contributed by atoms with Crippen LogP contribution in [0.25, 0.3) is 0 Å². The summed E-state index contributed by atoms with van der Waals surface area (Å²) in [6.45, 7) is 0. The maximum atomic E-state index is 13.6. The van der Waals surface area contributed by atoms with Gasteiger partial charge in [0.15, 0.2) is 0 Å². The van der Waals surface area contributed by atoms with Gasteiger partial charge >= 0.3 is 0 Å². The zero-order valence-corrected chi connectivity index (χ0v) is 11.3. The molecule has 94 valence electrons. The third-order valence-electron chi connectivity index (χ3n) is 3.76. The monoisotopic (exact) mass is 302 g/mol. The molecule has 0 amide bonds. The molecule has 0 aliphatic heterocycles. The fourth-order valence-corrected chi connectivity index (χ4v) is 3.50. The molecule has 1 atom stereocenters. The molecule has 0 heterocycles. The third kappa shape index (κ3) is 3.27. The van der Waals surface area contributed by atoms with Gasteiger partial charge in [-0.1, -0.05) is 47.7 Å². The summed E-state index contributed by atoms with van der Waals surface area (Å²) in [5, 5.41) is 0.897. The molecule has 0 aromatic heterocycles. The van der Waals surface area contributed by atoms with Gasteiger partial charge in [-0.25, -0.2) is 8.78 Å². The average Bonchev–Trinajstić information content (AvgIpc) is 2.81. The van der Waals surface area contributed by atoms with Crippen LogP contribution in [0, 0.1) is 23.5 Å². The van der Waals surface area contributed by atoms with Crippen LogP contribution in [-0.2, 0) is 6.42 Å². The maximum absolute atomic E-state index is 13.6. The van der Waals surface area contributed by atoms with Crippen LogP contribution in [0.5, 0.6) is 0 Å². The normalized spacial score (nSPS) is 18.5. The SMILES string of the molecule is Fc1ccc(CC(CBr)C2CCCC2)c(F)c1. The molecule has 1 aromatic carbocycles. The van der Waals surface area contributed by atoms with Crippen LogP contribution in [-0.4, -0.2) is 5.33 Å². The van der Waals surface area contributed by atoms with Crippen LogP contribution in [0.15, 0.2) is 18.2 Å². The summed E-state index contributed by atoms with van der Waals surface area (Å²) in [6, 6.07) is 3.91. The van der Waals surface area contributed by atoms with E-state index < -0.39 is 11.6 Å². The van der Waals surface area contributed by atoms with E-state index >= 15 is 0 Å². The second-order valence-electron chi connectivity index (χ2n) is 4.90. The smallest absolute Gasteiger partial charge is 0.129 e. The van der Waals surface area contributed by atoms with Gasteiger partial charge in [-0.3, -0.25) is 0 Å². The molecule has 1 aromatic rings. The molecule has 1 unspecified atom stereocenters. The summed E-state index contributed by atoms with van der Waals surface area (Å²) in [5.74, 6) is 0.257. The largest absolute Gasteiger partial charge is 0.207 e. The van der Waals surface area contributed by atoms with E-state index in [9.17, 15) is 8.78 Å². The van der Waals surface area contributed by atoms with Crippen LogP contribution in [0.2, 0.25) is 0 Å². The van der Waals surface area contributed by atoms with Crippen molar-refractivity contribution in [2.24, 2.45) is 11.8 Å². The molecule has 0 N–H and O–H groups in total. The van der Waals surface area contributed by atoms with Crippen LogP contribution < -0.4 is 0 Å². The van der Waals surface area contributed by atoms with Gasteiger partial charge in [-0.15, -0.1) is 0 Å². The number of alkyl halides is 1. The van der Waals surface area contributed by atoms with E-state index in [-0.39, 0.29) is 0 Å². The average molecular weight is 303 g/mol. The molecule has 1 saturated carbocycles. The van der Waals surface area contributed by atoms with Crippen molar-refractivity contribution in [2.75, 3.05) is 5.33 Å². The highest BCUT2D eigenvalue weighted by molar-refractivity contribution is 9.09. The van der Waals surface area contributed by atoms with Gasteiger partial charge in [0, 0.05) is 11.4 Å². The second-order valence-corrected chi connectivity index (χ2v) is 5.55. The predicted molar refractivity (Wildman–Crippen MR) is 69.3 cm³/mol. The third-order valence-corrected chi connectivity index (χ3v) is 4.59. The Morgan fingerprint density at radius 1 is 1.24 bits per heavy atom. The second kappa shape index (κ2) is 5.94. The van der Waals surface area contributed by atoms with Crippen molar-refractivity contribution in [3.8, 4) is 0 Å². The van der Waals surface area contributed by atoms with Crippen LogP contribution in [0.3, 0.4) is 0 Å². The van der Waals surface area contributed by atoms with Crippen LogP contribution in [0.4, 0.5) is 8.78 Å². The number of halogens is 3. The molecule has 0 bridgehead atoms. The van der Waals surface area contributed by atoms with E-state index in [0.29, 0.717) is 23.8 Å². The molecular weight excluding hydrogens is 286 g/mol. The Labute approximate surface area is 110 Å². The van der Waals surface area contributed by atoms with Crippen LogP contribution in [0.1, 0.15) is 31.2 Å². The van der Waals surface area contributed by atoms with Gasteiger partial charge < -0.3 is 0 Å². The highest BCUT2D eigenvalue weighted by Crippen LogP contribution is 2.34. The first-order chi connectivity index (χ1) is 8.20. The molecule has 1 fully saturated rings. The summed E-state index contributed by atoms with van der Waals surface area (Å²) in [5.41, 5.74) is 0.641. The number of rotatable bonds is 4. The van der Waals surface area contributed by atoms with E-state index in [0.717, 1.165) is 11.4 Å². The van der Waals surface area contributed by atoms with Crippen molar-refractivity contribution < 1.29 is 8.78 Å². The Bertz CT molecular complexity index is 372. The highest BCUT2D eigenvalue weighted by atomic mass is 79.9. The quantitative estimate of drug-likeness (QED) is 0.707. The molecule has 0 saturated heterocycles. The molecule has 1 aliphatic rings. The van der Waals surface area contributed by atoms with Gasteiger partial charge in [-0.05, 0) is 29.9 Å². The number of hydrogen-bond donors (Lipinski definition) is 0. The van der Waals surface area contributed by atoms with E-state index in [2.05, 4.69) is 15.9 Å². The van der Waals surface area contributed by atoms with Crippen LogP contribution >= 0.6 is 15.9 Å². The first-order valence-corrected chi connectivity index (χ1v) is 7.32. The fourth-order valence-electron chi connectivity index (χ4n) is 2.75. The number of benzene rings is 1. The van der Waals surface area contributed by atoms with Crippen molar-refractivity contribution in [3.05, 3.63) is 35.4 Å². The summed E-state index contributed by atoms with van der Waals surface area (Å²) >= 11 is 3.53. The Morgan fingerprint density at radius 3 is 2.53 bits per heavy atom. The minimum atomic E-state index is -0.498. The lowest BCUT2D eigenvalue weighted by molar-refractivity contribution is 0.368. The van der Waals surface area contributed by atoms with Gasteiger partial charge in [0.05, 0.1) is 0 Å². The predicted octanol–water partition coefficient (Wildman–Crippen LogP) is 4.71. The van der Waals surface area contributed by atoms with Gasteiger partial charge in [0.1, 0.15) is 11.6 Å². The first-order valence-electron chi connectivity index (χ1n) is 6.20. The van der Waals surface area contributed by atoms with Crippen molar-refractivity contribution in [3.63, 3.8) is 0 Å². The molecule has 3 heteroatoms. The lowest BCUT2D eigenvalue weighted by Gasteiger charge is -2.21. The molecule has 17 heavy (non-hydrogen) atoms. The minimum absolute atomic E-state index is 0.408. The Morgan fingerprint density at radius 2 is 1.94 bits per heavy atom. The van der Waals surface area contributed by atoms with Gasteiger partial charge in [0.25, 0.3) is 0 Å². The Balaban J connectivity index is 2.06. The molecule has 0 radical (unpaired) electrons. The lowest BCUT2D eigenvalue weighted by Crippen LogP contribution is -2.17. The topological polar surface area (TPSA) is 0 Å². The van der Waals surface area contributed by atoms with Crippen molar-refractivity contribution in [1.29, 1.82) is 0 Å². The summed E-state index contributed by atoms with van der Waals surface area (Å²) in [4.78, 5) is 0. The van der Waals surface area contributed by atoms with E-state index in [1.807, 2.05) is 0 Å². The summed E-state index contributed by atoms with van der Waals surface area (Å²) in [6.07, 6.45) is 5.79. The maximum Gasteiger partial charge on any atom is 0.129 e.